The van der Waals surface area contributed by atoms with E-state index < -0.39 is 29.5 Å². The van der Waals surface area contributed by atoms with E-state index in [4.69, 9.17) is 9.47 Å². The maximum absolute atomic E-state index is 12.4. The second-order valence-electron chi connectivity index (χ2n) is 7.68. The van der Waals surface area contributed by atoms with Crippen molar-refractivity contribution in [1.82, 2.24) is 9.80 Å². The number of ether oxygens (including phenoxy) is 2. The molecule has 1 heterocycles. The van der Waals surface area contributed by atoms with Crippen LogP contribution in [0.1, 0.15) is 48.5 Å². The van der Waals surface area contributed by atoms with E-state index in [0.29, 0.717) is 13.1 Å². The molecule has 1 aliphatic rings. The largest absolute Gasteiger partial charge is 0.443 e. The van der Waals surface area contributed by atoms with E-state index in [-0.39, 0.29) is 12.5 Å². The number of aliphatic hydroxyl groups is 1. The van der Waals surface area contributed by atoms with Gasteiger partial charge in [0.2, 0.25) is 5.96 Å². The van der Waals surface area contributed by atoms with Gasteiger partial charge in [0, 0.05) is 19.6 Å². The molecule has 1 aliphatic heterocycles. The molecule has 0 aliphatic carbocycles. The lowest BCUT2D eigenvalue weighted by Gasteiger charge is -2.41. The molecule has 0 bridgehead atoms. The van der Waals surface area contributed by atoms with Gasteiger partial charge in [0.15, 0.2) is 0 Å². The number of β-amino-alcohol motifs (C(OH)–C–C–N with tert-alkyl or cyclic N) is 1. The predicted molar refractivity (Wildman–Crippen MR) is 89.9 cm³/mol. The summed E-state index contributed by atoms with van der Waals surface area (Å²) in [5.74, 6) is 0.131. The number of aliphatic imine (C=N–C) groups is 1. The minimum absolute atomic E-state index is 0.131. The van der Waals surface area contributed by atoms with Crippen molar-refractivity contribution >= 4 is 18.1 Å². The second-order valence-corrected chi connectivity index (χ2v) is 7.68. The van der Waals surface area contributed by atoms with E-state index in [1.807, 2.05) is 0 Å². The highest BCUT2D eigenvalue weighted by Gasteiger charge is 2.35. The van der Waals surface area contributed by atoms with Gasteiger partial charge in [-0.05, 0) is 48.5 Å². The predicted octanol–water partition coefficient (Wildman–Crippen LogP) is 2.21. The number of likely N-dealkylation sites (tertiary alicyclic amines) is 1. The Bertz CT molecular complexity index is 499. The van der Waals surface area contributed by atoms with Crippen molar-refractivity contribution in [3.63, 3.8) is 0 Å². The van der Waals surface area contributed by atoms with Crippen molar-refractivity contribution in [1.29, 1.82) is 0 Å². The SMILES string of the molecule is CCN(C(=O)OC(C)(C)C)C(=NC(=O)OC(C)(C)C)N1CC(O)C1. The molecule has 0 spiro atoms. The number of carbonyl (C=O) groups is 2. The van der Waals surface area contributed by atoms with Crippen LogP contribution in [0, 0.1) is 0 Å². The maximum atomic E-state index is 12.4. The van der Waals surface area contributed by atoms with Gasteiger partial charge in [-0.3, -0.25) is 0 Å². The van der Waals surface area contributed by atoms with Crippen LogP contribution >= 0.6 is 0 Å². The van der Waals surface area contributed by atoms with Gasteiger partial charge in [-0.25, -0.2) is 14.5 Å². The zero-order valence-electron chi connectivity index (χ0n) is 15.6. The summed E-state index contributed by atoms with van der Waals surface area (Å²) in [6, 6.07) is 0. The van der Waals surface area contributed by atoms with Gasteiger partial charge in [-0.15, -0.1) is 4.99 Å². The molecule has 0 unspecified atom stereocenters. The Balaban J connectivity index is 3.02. The Kier molecular flexibility index (Phi) is 6.21. The average molecular weight is 343 g/mol. The molecule has 2 amide bonds. The lowest BCUT2D eigenvalue weighted by molar-refractivity contribution is 0.0200. The third-order valence-corrected chi connectivity index (χ3v) is 2.90. The lowest BCUT2D eigenvalue weighted by Crippen LogP contribution is -2.60. The van der Waals surface area contributed by atoms with Crippen LogP contribution in [0.15, 0.2) is 4.99 Å². The van der Waals surface area contributed by atoms with Gasteiger partial charge in [0.05, 0.1) is 6.10 Å². The molecule has 0 aromatic heterocycles. The van der Waals surface area contributed by atoms with Gasteiger partial charge >= 0.3 is 12.2 Å². The minimum Gasteiger partial charge on any atom is -0.443 e. The van der Waals surface area contributed by atoms with Crippen LogP contribution in [0.2, 0.25) is 0 Å². The first kappa shape index (κ1) is 20.2. The molecule has 0 aromatic carbocycles. The van der Waals surface area contributed by atoms with Gasteiger partial charge in [0.1, 0.15) is 11.2 Å². The Morgan fingerprint density at radius 3 is 2.00 bits per heavy atom. The Hall–Kier alpha value is -1.83. The molecule has 8 nitrogen and oxygen atoms in total. The minimum atomic E-state index is -0.791. The van der Waals surface area contributed by atoms with E-state index in [1.165, 1.54) is 4.90 Å². The normalized spacial score (nSPS) is 16.5. The highest BCUT2D eigenvalue weighted by atomic mass is 16.6. The van der Waals surface area contributed by atoms with E-state index in [2.05, 4.69) is 4.99 Å². The summed E-state index contributed by atoms with van der Waals surface area (Å²) in [6.07, 6.45) is -1.90. The quantitative estimate of drug-likeness (QED) is 0.580. The summed E-state index contributed by atoms with van der Waals surface area (Å²) < 4.78 is 10.6. The summed E-state index contributed by atoms with van der Waals surface area (Å²) in [6.45, 7) is 13.1. The van der Waals surface area contributed by atoms with Crippen molar-refractivity contribution in [2.75, 3.05) is 19.6 Å². The topological polar surface area (TPSA) is 91.7 Å². The summed E-state index contributed by atoms with van der Waals surface area (Å²) in [5, 5.41) is 9.52. The molecule has 1 rings (SSSR count). The monoisotopic (exact) mass is 343 g/mol. The molecule has 0 saturated carbocycles. The maximum Gasteiger partial charge on any atom is 0.437 e. The van der Waals surface area contributed by atoms with Crippen LogP contribution < -0.4 is 0 Å². The summed E-state index contributed by atoms with van der Waals surface area (Å²) >= 11 is 0. The van der Waals surface area contributed by atoms with E-state index in [9.17, 15) is 14.7 Å². The second kappa shape index (κ2) is 7.38. The molecular formula is C16H29N3O5. The Morgan fingerprint density at radius 2 is 1.62 bits per heavy atom. The highest BCUT2D eigenvalue weighted by molar-refractivity contribution is 5.99. The summed E-state index contributed by atoms with van der Waals surface area (Å²) in [4.78, 5) is 31.3. The van der Waals surface area contributed by atoms with Crippen LogP contribution in [0.3, 0.4) is 0 Å². The molecule has 1 fully saturated rings. The molecule has 8 heteroatoms. The number of rotatable bonds is 1. The fourth-order valence-corrected chi connectivity index (χ4v) is 1.96. The van der Waals surface area contributed by atoms with Crippen LogP contribution in [-0.4, -0.2) is 70.0 Å². The smallest absolute Gasteiger partial charge is 0.437 e. The first-order chi connectivity index (χ1) is 10.8. The standard InChI is InChI=1S/C16H29N3O5/c1-8-19(14(22)24-16(5,6)7)12(18-9-11(20)10-18)17-13(21)23-15(2,3)4/h11,20H,8-10H2,1-7H3. The van der Waals surface area contributed by atoms with Crippen molar-refractivity contribution in [2.45, 2.75) is 65.8 Å². The van der Waals surface area contributed by atoms with Crippen LogP contribution in [-0.2, 0) is 9.47 Å². The molecule has 138 valence electrons. The van der Waals surface area contributed by atoms with E-state index in [0.717, 1.165) is 0 Å². The van der Waals surface area contributed by atoms with E-state index in [1.54, 1.807) is 53.4 Å². The molecule has 1 N–H and O–H groups in total. The zero-order valence-corrected chi connectivity index (χ0v) is 15.6. The van der Waals surface area contributed by atoms with Gasteiger partial charge in [-0.2, -0.15) is 0 Å². The third-order valence-electron chi connectivity index (χ3n) is 2.90. The molecular weight excluding hydrogens is 314 g/mol. The fraction of sp³-hybridized carbons (Fsp3) is 0.812. The van der Waals surface area contributed by atoms with Crippen molar-refractivity contribution in [3.05, 3.63) is 0 Å². The number of hydrogen-bond donors (Lipinski definition) is 1. The van der Waals surface area contributed by atoms with Crippen LogP contribution in [0.5, 0.6) is 0 Å². The fourth-order valence-electron chi connectivity index (χ4n) is 1.96. The zero-order chi connectivity index (χ0) is 18.7. The number of hydrogen-bond acceptors (Lipinski definition) is 5. The van der Waals surface area contributed by atoms with Gasteiger partial charge in [-0.1, -0.05) is 0 Å². The summed E-state index contributed by atoms with van der Waals surface area (Å²) in [7, 11) is 0. The number of guanidine groups is 1. The Labute approximate surface area is 143 Å². The first-order valence-electron chi connectivity index (χ1n) is 8.07. The Morgan fingerprint density at radius 1 is 1.12 bits per heavy atom. The van der Waals surface area contributed by atoms with Gasteiger partial charge < -0.3 is 19.5 Å². The summed E-state index contributed by atoms with van der Waals surface area (Å²) in [5.41, 5.74) is -1.36. The third kappa shape index (κ3) is 6.35. The van der Waals surface area contributed by atoms with Crippen molar-refractivity contribution < 1.29 is 24.2 Å². The molecule has 24 heavy (non-hydrogen) atoms. The van der Waals surface area contributed by atoms with Gasteiger partial charge in [0.25, 0.3) is 0 Å². The van der Waals surface area contributed by atoms with Crippen LogP contribution in [0.25, 0.3) is 0 Å². The number of amides is 2. The number of aliphatic hydroxyl groups excluding tert-OH is 1. The molecule has 0 atom stereocenters. The molecule has 0 aromatic rings. The average Bonchev–Trinajstić information content (AvgIpc) is 2.30. The molecule has 1 saturated heterocycles. The van der Waals surface area contributed by atoms with Crippen LogP contribution in [0.4, 0.5) is 9.59 Å². The number of carbonyl (C=O) groups excluding carboxylic acids is 2. The molecule has 0 radical (unpaired) electrons. The van der Waals surface area contributed by atoms with E-state index >= 15 is 0 Å². The van der Waals surface area contributed by atoms with Crippen molar-refractivity contribution in [2.24, 2.45) is 4.99 Å². The highest BCUT2D eigenvalue weighted by Crippen LogP contribution is 2.17. The number of nitrogens with zero attached hydrogens (tertiary/aromatic N) is 3. The lowest BCUT2D eigenvalue weighted by atomic mass is 10.2. The first-order valence-corrected chi connectivity index (χ1v) is 8.07. The van der Waals surface area contributed by atoms with Crippen molar-refractivity contribution in [3.8, 4) is 0 Å².